The average molecular weight is 142 g/mol. The lowest BCUT2D eigenvalue weighted by Crippen LogP contribution is -2.06. The molecule has 0 amide bonds. The molecule has 0 N–H and O–H groups in total. The Morgan fingerprint density at radius 3 is 2.70 bits per heavy atom. The highest BCUT2D eigenvalue weighted by Gasteiger charge is 1.97. The average Bonchev–Trinajstić information content (AvgIpc) is 1.85. The Kier molecular flexibility index (Phi) is 4.63. The number of ether oxygens (including phenoxy) is 1. The lowest BCUT2D eigenvalue weighted by atomic mass is 10.2. The minimum absolute atomic E-state index is 0.212. The summed E-state index contributed by atoms with van der Waals surface area (Å²) in [6.45, 7) is 5.86. The van der Waals surface area contributed by atoms with Gasteiger partial charge in [-0.25, -0.2) is 0 Å². The molecule has 0 saturated carbocycles. The summed E-state index contributed by atoms with van der Waals surface area (Å²) in [5, 5.41) is 0. The van der Waals surface area contributed by atoms with Gasteiger partial charge in [0.25, 0.3) is 0 Å². The van der Waals surface area contributed by atoms with E-state index in [1.165, 1.54) is 6.92 Å². The monoisotopic (exact) mass is 142 g/mol. The fraction of sp³-hybridized carbons (Fsp3) is 0.625. The van der Waals surface area contributed by atoms with E-state index in [4.69, 9.17) is 4.74 Å². The van der Waals surface area contributed by atoms with E-state index in [0.29, 0.717) is 12.5 Å². The van der Waals surface area contributed by atoms with Gasteiger partial charge in [-0.05, 0) is 6.92 Å². The summed E-state index contributed by atoms with van der Waals surface area (Å²) in [4.78, 5) is 10.3. The van der Waals surface area contributed by atoms with Crippen LogP contribution in [0, 0.1) is 5.92 Å². The van der Waals surface area contributed by atoms with Crippen LogP contribution in [0.2, 0.25) is 0 Å². The summed E-state index contributed by atoms with van der Waals surface area (Å²) >= 11 is 0. The quantitative estimate of drug-likeness (QED) is 0.443. The van der Waals surface area contributed by atoms with Gasteiger partial charge in [0.15, 0.2) is 0 Å². The van der Waals surface area contributed by atoms with Crippen molar-refractivity contribution < 1.29 is 9.53 Å². The van der Waals surface area contributed by atoms with Crippen molar-refractivity contribution in [2.75, 3.05) is 6.61 Å². The van der Waals surface area contributed by atoms with Crippen molar-refractivity contribution in [1.82, 2.24) is 0 Å². The van der Waals surface area contributed by atoms with Crippen molar-refractivity contribution in [3.8, 4) is 0 Å². The molecule has 0 bridgehead atoms. The maximum Gasteiger partial charge on any atom is 0.302 e. The normalized spacial score (nSPS) is 13.5. The number of carbonyl (C=O) groups excluding carboxylic acids is 1. The van der Waals surface area contributed by atoms with Gasteiger partial charge < -0.3 is 4.74 Å². The van der Waals surface area contributed by atoms with Crippen molar-refractivity contribution >= 4 is 5.97 Å². The van der Waals surface area contributed by atoms with Crippen LogP contribution in [0.1, 0.15) is 20.8 Å². The molecule has 1 atom stereocenters. The summed E-state index contributed by atoms with van der Waals surface area (Å²) in [5.74, 6) is 0.116. The lowest BCUT2D eigenvalue weighted by Gasteiger charge is -2.04. The topological polar surface area (TPSA) is 26.3 Å². The van der Waals surface area contributed by atoms with Crippen LogP contribution in [0.3, 0.4) is 0 Å². The highest BCUT2D eigenvalue weighted by Crippen LogP contribution is 1.97. The van der Waals surface area contributed by atoms with E-state index in [9.17, 15) is 4.79 Å². The SMILES string of the molecule is C/C=C\C(C)COC(C)=O. The molecule has 0 aromatic rings. The first-order chi connectivity index (χ1) is 4.66. The predicted molar refractivity (Wildman–Crippen MR) is 40.6 cm³/mol. The summed E-state index contributed by atoms with van der Waals surface area (Å²) in [6.07, 6.45) is 3.96. The van der Waals surface area contributed by atoms with Gasteiger partial charge in [-0.1, -0.05) is 19.1 Å². The molecule has 0 aliphatic heterocycles. The molecule has 0 spiro atoms. The molecule has 10 heavy (non-hydrogen) atoms. The number of rotatable bonds is 3. The Hall–Kier alpha value is -0.790. The Morgan fingerprint density at radius 1 is 1.70 bits per heavy atom. The van der Waals surface area contributed by atoms with Gasteiger partial charge in [0, 0.05) is 12.8 Å². The van der Waals surface area contributed by atoms with Crippen LogP contribution in [-0.2, 0) is 9.53 Å². The minimum Gasteiger partial charge on any atom is -0.465 e. The van der Waals surface area contributed by atoms with Crippen molar-refractivity contribution in [2.45, 2.75) is 20.8 Å². The first kappa shape index (κ1) is 9.21. The van der Waals surface area contributed by atoms with Gasteiger partial charge in [0.05, 0.1) is 6.61 Å². The highest BCUT2D eigenvalue weighted by atomic mass is 16.5. The number of hydrogen-bond donors (Lipinski definition) is 0. The Balaban J connectivity index is 3.39. The smallest absolute Gasteiger partial charge is 0.302 e. The Labute approximate surface area is 61.9 Å². The molecule has 2 heteroatoms. The van der Waals surface area contributed by atoms with Crippen LogP contribution in [-0.4, -0.2) is 12.6 Å². The predicted octanol–water partition coefficient (Wildman–Crippen LogP) is 1.76. The molecule has 0 rings (SSSR count). The van der Waals surface area contributed by atoms with Crippen LogP contribution >= 0.6 is 0 Å². The third kappa shape index (κ3) is 5.35. The molecule has 0 fully saturated rings. The van der Waals surface area contributed by atoms with Crippen LogP contribution in [0.4, 0.5) is 0 Å². The van der Waals surface area contributed by atoms with Gasteiger partial charge in [-0.15, -0.1) is 0 Å². The standard InChI is InChI=1S/C8H14O2/c1-4-5-7(2)6-10-8(3)9/h4-5,7H,6H2,1-3H3/b5-4-. The summed E-state index contributed by atoms with van der Waals surface area (Å²) in [6, 6.07) is 0. The molecule has 58 valence electrons. The summed E-state index contributed by atoms with van der Waals surface area (Å²) in [7, 11) is 0. The molecule has 0 heterocycles. The lowest BCUT2D eigenvalue weighted by molar-refractivity contribution is -0.141. The zero-order valence-electron chi connectivity index (χ0n) is 6.76. The van der Waals surface area contributed by atoms with Crippen molar-refractivity contribution in [1.29, 1.82) is 0 Å². The summed E-state index contributed by atoms with van der Waals surface area (Å²) < 4.78 is 4.77. The van der Waals surface area contributed by atoms with E-state index >= 15 is 0 Å². The van der Waals surface area contributed by atoms with E-state index < -0.39 is 0 Å². The van der Waals surface area contributed by atoms with Gasteiger partial charge in [-0.2, -0.15) is 0 Å². The minimum atomic E-state index is -0.212. The van der Waals surface area contributed by atoms with Crippen LogP contribution in [0.15, 0.2) is 12.2 Å². The number of carbonyl (C=O) groups is 1. The molecule has 0 aromatic carbocycles. The second-order valence-electron chi connectivity index (χ2n) is 2.31. The van der Waals surface area contributed by atoms with Crippen molar-refractivity contribution in [3.63, 3.8) is 0 Å². The maximum absolute atomic E-state index is 10.3. The third-order valence-electron chi connectivity index (χ3n) is 1.07. The van der Waals surface area contributed by atoms with E-state index in [-0.39, 0.29) is 5.97 Å². The number of esters is 1. The molecule has 2 nitrogen and oxygen atoms in total. The van der Waals surface area contributed by atoms with Crippen LogP contribution in [0.25, 0.3) is 0 Å². The van der Waals surface area contributed by atoms with Crippen LogP contribution < -0.4 is 0 Å². The largest absolute Gasteiger partial charge is 0.465 e. The molecule has 0 saturated heterocycles. The van der Waals surface area contributed by atoms with E-state index in [2.05, 4.69) is 0 Å². The molecule has 0 radical (unpaired) electrons. The number of hydrogen-bond acceptors (Lipinski definition) is 2. The van der Waals surface area contributed by atoms with Gasteiger partial charge in [0.1, 0.15) is 0 Å². The second kappa shape index (κ2) is 5.03. The zero-order valence-corrected chi connectivity index (χ0v) is 6.76. The second-order valence-corrected chi connectivity index (χ2v) is 2.31. The van der Waals surface area contributed by atoms with E-state index in [1.54, 1.807) is 0 Å². The van der Waals surface area contributed by atoms with E-state index in [1.807, 2.05) is 26.0 Å². The molecular weight excluding hydrogens is 128 g/mol. The van der Waals surface area contributed by atoms with Crippen molar-refractivity contribution in [3.05, 3.63) is 12.2 Å². The molecule has 0 aliphatic rings. The highest BCUT2D eigenvalue weighted by molar-refractivity contribution is 5.65. The molecule has 1 unspecified atom stereocenters. The van der Waals surface area contributed by atoms with Gasteiger partial charge in [-0.3, -0.25) is 4.79 Å². The Morgan fingerprint density at radius 2 is 2.30 bits per heavy atom. The zero-order chi connectivity index (χ0) is 7.98. The fourth-order valence-corrected chi connectivity index (χ4v) is 0.633. The fourth-order valence-electron chi connectivity index (χ4n) is 0.633. The Bertz CT molecular complexity index is 127. The molecular formula is C8H14O2. The molecule has 0 aliphatic carbocycles. The van der Waals surface area contributed by atoms with Gasteiger partial charge in [0.2, 0.25) is 0 Å². The number of allylic oxidation sites excluding steroid dienone is 1. The first-order valence-electron chi connectivity index (χ1n) is 3.43. The first-order valence-corrected chi connectivity index (χ1v) is 3.43. The third-order valence-corrected chi connectivity index (χ3v) is 1.07. The molecule has 0 aromatic heterocycles. The van der Waals surface area contributed by atoms with Crippen molar-refractivity contribution in [2.24, 2.45) is 5.92 Å². The summed E-state index contributed by atoms with van der Waals surface area (Å²) in [5.41, 5.74) is 0. The maximum atomic E-state index is 10.3. The van der Waals surface area contributed by atoms with Crippen LogP contribution in [0.5, 0.6) is 0 Å². The van der Waals surface area contributed by atoms with Gasteiger partial charge >= 0.3 is 5.97 Å². The van der Waals surface area contributed by atoms with E-state index in [0.717, 1.165) is 0 Å².